The van der Waals surface area contributed by atoms with Crippen molar-refractivity contribution in [1.29, 1.82) is 0 Å². The molecular formula is C26H29N5O3. The predicted molar refractivity (Wildman–Crippen MR) is 132 cm³/mol. The Morgan fingerprint density at radius 2 is 2.18 bits per heavy atom. The molecule has 1 aromatic heterocycles. The van der Waals surface area contributed by atoms with Gasteiger partial charge < -0.3 is 21.1 Å². The van der Waals surface area contributed by atoms with Crippen LogP contribution < -0.4 is 16.0 Å². The number of hydrogen-bond acceptors (Lipinski definition) is 5. The number of fused-ring (bicyclic) bond motifs is 1. The SMILES string of the molecule is CN1C(=O)[C@@H](NC(=O)N=CC(=CN)Cc2ccccn2)CCc2ccc(C#CC(C)(C)O)cc21. The first kappa shape index (κ1) is 24.7. The molecule has 0 saturated heterocycles. The second kappa shape index (κ2) is 10.8. The van der Waals surface area contributed by atoms with Crippen LogP contribution in [0.2, 0.25) is 0 Å². The lowest BCUT2D eigenvalue weighted by atomic mass is 10.0. The van der Waals surface area contributed by atoms with Crippen LogP contribution >= 0.6 is 0 Å². The molecule has 3 amide bonds. The molecule has 4 N–H and O–H groups in total. The van der Waals surface area contributed by atoms with Crippen molar-refractivity contribution in [2.75, 3.05) is 11.9 Å². The zero-order valence-corrected chi connectivity index (χ0v) is 19.6. The van der Waals surface area contributed by atoms with Crippen molar-refractivity contribution >= 4 is 23.8 Å². The van der Waals surface area contributed by atoms with Gasteiger partial charge in [0.15, 0.2) is 0 Å². The van der Waals surface area contributed by atoms with E-state index in [2.05, 4.69) is 27.1 Å². The Morgan fingerprint density at radius 3 is 2.85 bits per heavy atom. The van der Waals surface area contributed by atoms with Gasteiger partial charge in [0.2, 0.25) is 5.91 Å². The number of likely N-dealkylation sites (N-methyl/N-ethyl adjacent to an activating group) is 1. The van der Waals surface area contributed by atoms with Gasteiger partial charge in [-0.1, -0.05) is 24.0 Å². The summed E-state index contributed by atoms with van der Waals surface area (Å²) >= 11 is 0. The normalized spacial score (nSPS) is 16.5. The molecule has 0 bridgehead atoms. The van der Waals surface area contributed by atoms with Crippen LogP contribution in [0.15, 0.2) is 59.4 Å². The molecule has 1 aliphatic rings. The minimum atomic E-state index is -1.11. The Labute approximate surface area is 199 Å². The van der Waals surface area contributed by atoms with Gasteiger partial charge in [-0.2, -0.15) is 0 Å². The van der Waals surface area contributed by atoms with Crippen molar-refractivity contribution in [3.8, 4) is 11.8 Å². The van der Waals surface area contributed by atoms with Crippen molar-refractivity contribution in [2.24, 2.45) is 10.7 Å². The quantitative estimate of drug-likeness (QED) is 0.479. The molecule has 0 saturated carbocycles. The highest BCUT2D eigenvalue weighted by Crippen LogP contribution is 2.27. The molecule has 8 nitrogen and oxygen atoms in total. The number of hydrogen-bond donors (Lipinski definition) is 3. The fourth-order valence-electron chi connectivity index (χ4n) is 3.49. The monoisotopic (exact) mass is 459 g/mol. The first-order chi connectivity index (χ1) is 16.2. The first-order valence-corrected chi connectivity index (χ1v) is 11.0. The van der Waals surface area contributed by atoms with E-state index in [1.807, 2.05) is 36.4 Å². The number of aromatic nitrogens is 1. The highest BCUT2D eigenvalue weighted by Gasteiger charge is 2.29. The Bertz CT molecular complexity index is 1170. The molecule has 1 aromatic carbocycles. The number of carbonyl (C=O) groups is 2. The van der Waals surface area contributed by atoms with E-state index in [9.17, 15) is 14.7 Å². The van der Waals surface area contributed by atoms with Gasteiger partial charge in [0.05, 0.1) is 0 Å². The number of nitrogens with two attached hydrogens (primary N) is 1. The van der Waals surface area contributed by atoms with Crippen LogP contribution in [0.5, 0.6) is 0 Å². The van der Waals surface area contributed by atoms with E-state index in [0.717, 1.165) is 16.9 Å². The van der Waals surface area contributed by atoms with Crippen LogP contribution in [0.1, 0.15) is 37.1 Å². The van der Waals surface area contributed by atoms with Gasteiger partial charge in [-0.15, -0.1) is 0 Å². The van der Waals surface area contributed by atoms with Crippen LogP contribution in [0, 0.1) is 11.8 Å². The highest BCUT2D eigenvalue weighted by molar-refractivity contribution is 6.01. The van der Waals surface area contributed by atoms with Crippen LogP contribution in [-0.2, 0) is 17.6 Å². The number of aliphatic imine (C=N–C) groups is 1. The molecule has 1 atom stereocenters. The molecule has 3 rings (SSSR count). The van der Waals surface area contributed by atoms with Gasteiger partial charge in [0.1, 0.15) is 11.6 Å². The van der Waals surface area contributed by atoms with Gasteiger partial charge in [-0.3, -0.25) is 9.78 Å². The second-order valence-corrected chi connectivity index (χ2v) is 8.59. The van der Waals surface area contributed by atoms with E-state index in [0.29, 0.717) is 30.4 Å². The molecule has 0 fully saturated rings. The number of benzene rings is 1. The summed E-state index contributed by atoms with van der Waals surface area (Å²) in [6.45, 7) is 3.22. The number of nitrogens with one attached hydrogen (secondary N) is 1. The summed E-state index contributed by atoms with van der Waals surface area (Å²) in [4.78, 5) is 35.2. The summed E-state index contributed by atoms with van der Waals surface area (Å²) in [6.07, 6.45) is 5.94. The smallest absolute Gasteiger partial charge is 0.341 e. The molecule has 34 heavy (non-hydrogen) atoms. The van der Waals surface area contributed by atoms with Gasteiger partial charge in [-0.25, -0.2) is 9.79 Å². The fourth-order valence-corrected chi connectivity index (χ4v) is 3.49. The van der Waals surface area contributed by atoms with E-state index in [-0.39, 0.29) is 5.91 Å². The molecule has 0 unspecified atom stereocenters. The van der Waals surface area contributed by atoms with Crippen LogP contribution in [0.4, 0.5) is 10.5 Å². The van der Waals surface area contributed by atoms with Crippen molar-refractivity contribution < 1.29 is 14.7 Å². The van der Waals surface area contributed by atoms with E-state index < -0.39 is 17.7 Å². The summed E-state index contributed by atoms with van der Waals surface area (Å²) in [5.41, 5.74) is 8.39. The molecule has 8 heteroatoms. The third kappa shape index (κ3) is 6.77. The Hall–Kier alpha value is -3.96. The van der Waals surface area contributed by atoms with Crippen LogP contribution in [-0.4, -0.2) is 46.9 Å². The zero-order valence-electron chi connectivity index (χ0n) is 19.6. The van der Waals surface area contributed by atoms with Crippen LogP contribution in [0.3, 0.4) is 0 Å². The van der Waals surface area contributed by atoms with Crippen LogP contribution in [0.25, 0.3) is 0 Å². The maximum absolute atomic E-state index is 13.1. The molecular weight excluding hydrogens is 430 g/mol. The van der Waals surface area contributed by atoms with Crippen molar-refractivity contribution in [3.63, 3.8) is 0 Å². The Kier molecular flexibility index (Phi) is 7.82. The number of aliphatic hydroxyl groups is 1. The number of allylic oxidation sites excluding steroid dienone is 1. The summed E-state index contributed by atoms with van der Waals surface area (Å²) in [7, 11) is 1.67. The lowest BCUT2D eigenvalue weighted by molar-refractivity contribution is -0.120. The van der Waals surface area contributed by atoms with E-state index >= 15 is 0 Å². The average molecular weight is 460 g/mol. The maximum Gasteiger partial charge on any atom is 0.341 e. The van der Waals surface area contributed by atoms with Gasteiger partial charge >= 0.3 is 6.03 Å². The topological polar surface area (TPSA) is 121 Å². The third-order valence-corrected chi connectivity index (χ3v) is 5.26. The lowest BCUT2D eigenvalue weighted by Gasteiger charge is -2.21. The molecule has 2 heterocycles. The minimum Gasteiger partial charge on any atom is -0.404 e. The summed E-state index contributed by atoms with van der Waals surface area (Å²) < 4.78 is 0. The maximum atomic E-state index is 13.1. The lowest BCUT2D eigenvalue weighted by Crippen LogP contribution is -2.46. The van der Waals surface area contributed by atoms with E-state index in [4.69, 9.17) is 5.73 Å². The summed E-state index contributed by atoms with van der Waals surface area (Å²) in [6, 6.07) is 9.83. The van der Waals surface area contributed by atoms with Crippen molar-refractivity contribution in [3.05, 3.63) is 71.2 Å². The predicted octanol–water partition coefficient (Wildman–Crippen LogP) is 2.35. The van der Waals surface area contributed by atoms with Gasteiger partial charge in [0.25, 0.3) is 0 Å². The summed E-state index contributed by atoms with van der Waals surface area (Å²) in [5, 5.41) is 12.5. The molecule has 1 aliphatic heterocycles. The van der Waals surface area contributed by atoms with Gasteiger partial charge in [0, 0.05) is 42.8 Å². The average Bonchev–Trinajstić information content (AvgIpc) is 2.92. The van der Waals surface area contributed by atoms with Gasteiger partial charge in [-0.05, 0) is 68.3 Å². The number of nitrogens with zero attached hydrogens (tertiary/aromatic N) is 3. The Balaban J connectivity index is 1.68. The molecule has 176 valence electrons. The fraction of sp³-hybridized carbons (Fsp3) is 0.308. The number of carbonyl (C=O) groups excluding carboxylic acids is 2. The molecule has 0 aliphatic carbocycles. The van der Waals surface area contributed by atoms with Crippen molar-refractivity contribution in [1.82, 2.24) is 10.3 Å². The number of anilines is 1. The number of urea groups is 1. The Morgan fingerprint density at radius 1 is 1.38 bits per heavy atom. The van der Waals surface area contributed by atoms with E-state index in [1.165, 1.54) is 17.3 Å². The summed E-state index contributed by atoms with van der Waals surface area (Å²) in [5.74, 6) is 5.48. The number of rotatable bonds is 4. The largest absolute Gasteiger partial charge is 0.404 e. The highest BCUT2D eigenvalue weighted by atomic mass is 16.3. The zero-order chi connectivity index (χ0) is 24.7. The number of amides is 3. The standard InChI is InChI=1S/C26H29N5O3/c1-26(2,34)12-11-18-7-8-20-9-10-22(24(32)31(3)23(20)15-18)30-25(33)29-17-19(16-27)14-21-6-4-5-13-28-21/h4-8,13,15-17,22,34H,9-10,14,27H2,1-3H3,(H,30,33)/t22-/m0/s1. The number of pyridine rings is 1. The molecule has 0 spiro atoms. The second-order valence-electron chi connectivity index (χ2n) is 8.59. The third-order valence-electron chi connectivity index (χ3n) is 5.26. The van der Waals surface area contributed by atoms with E-state index in [1.54, 1.807) is 27.1 Å². The number of aryl methyl sites for hydroxylation is 1. The molecule has 2 aromatic rings. The van der Waals surface area contributed by atoms with Crippen molar-refractivity contribution in [2.45, 2.75) is 44.8 Å². The first-order valence-electron chi connectivity index (χ1n) is 11.0. The molecule has 0 radical (unpaired) electrons. The minimum absolute atomic E-state index is 0.238.